The third-order valence-corrected chi connectivity index (χ3v) is 10.4. The van der Waals surface area contributed by atoms with Gasteiger partial charge in [-0.1, -0.05) is 117 Å². The highest BCUT2D eigenvalue weighted by atomic mass is 16.3. The minimum Gasteiger partial charge on any atom is -0.456 e. The number of rotatable bonds is 3. The quantitative estimate of drug-likeness (QED) is 0.187. The lowest BCUT2D eigenvalue weighted by molar-refractivity contribution is 0.660. The molecular weight excluding hydrogens is 571 g/mol. The van der Waals surface area contributed by atoms with Crippen molar-refractivity contribution in [3.05, 3.63) is 163 Å². The second-order valence-corrected chi connectivity index (χ2v) is 13.4. The molecule has 0 fully saturated rings. The molecule has 1 aromatic heterocycles. The zero-order valence-corrected chi connectivity index (χ0v) is 26.3. The smallest absolute Gasteiger partial charge is 0.137 e. The normalized spacial score (nSPS) is 13.5. The van der Waals surface area contributed by atoms with Gasteiger partial charge in [0.15, 0.2) is 0 Å². The molecule has 0 saturated heterocycles. The zero-order chi connectivity index (χ0) is 31.3. The Morgan fingerprint density at radius 2 is 1.02 bits per heavy atom. The summed E-state index contributed by atoms with van der Waals surface area (Å²) in [5.74, 6) is 0. The summed E-state index contributed by atoms with van der Waals surface area (Å²) in [5, 5.41) is 9.87. The standard InChI is InChI=1S/C45H31NO/c1-45(2)40-13-7-5-11-36(40)39-26-32(21-24-41(39)45)46(33-20-23-38-37-12-6-8-14-42(37)47-43(38)27-33)31-19-22-35-30(25-31)18-17-29-16-15-28-9-3-4-10-34(28)44(29)35/h3-27H,1-2H3. The van der Waals surface area contributed by atoms with Crippen LogP contribution in [0.1, 0.15) is 25.0 Å². The Bertz CT molecular complexity index is 2730. The van der Waals surface area contributed by atoms with Crippen molar-refractivity contribution in [2.24, 2.45) is 0 Å². The Hall–Kier alpha value is -5.86. The average molecular weight is 602 g/mol. The van der Waals surface area contributed by atoms with Crippen molar-refractivity contribution < 1.29 is 4.42 Å². The molecule has 0 amide bonds. The van der Waals surface area contributed by atoms with Crippen LogP contribution in [-0.4, -0.2) is 0 Å². The number of benzene rings is 8. The first-order chi connectivity index (χ1) is 23.0. The van der Waals surface area contributed by atoms with Crippen molar-refractivity contribution in [2.75, 3.05) is 4.90 Å². The van der Waals surface area contributed by atoms with Gasteiger partial charge in [0.1, 0.15) is 11.2 Å². The first-order valence-corrected chi connectivity index (χ1v) is 16.3. The third kappa shape index (κ3) is 3.79. The summed E-state index contributed by atoms with van der Waals surface area (Å²) in [7, 11) is 0. The average Bonchev–Trinajstić information content (AvgIpc) is 3.59. The molecule has 0 atom stereocenters. The topological polar surface area (TPSA) is 16.4 Å². The molecular formula is C45H31NO. The van der Waals surface area contributed by atoms with Gasteiger partial charge in [0, 0.05) is 39.3 Å². The van der Waals surface area contributed by atoms with Crippen LogP contribution in [0.4, 0.5) is 17.1 Å². The molecule has 0 bridgehead atoms. The molecule has 0 radical (unpaired) electrons. The number of nitrogens with zero attached hydrogens (tertiary/aromatic N) is 1. The lowest BCUT2D eigenvalue weighted by Gasteiger charge is -2.27. The first-order valence-electron chi connectivity index (χ1n) is 16.3. The Morgan fingerprint density at radius 3 is 1.91 bits per heavy atom. The minimum atomic E-state index is -0.0464. The molecule has 1 heterocycles. The predicted octanol–water partition coefficient (Wildman–Crippen LogP) is 12.8. The number of anilines is 3. The van der Waals surface area contributed by atoms with E-state index in [9.17, 15) is 0 Å². The highest BCUT2D eigenvalue weighted by molar-refractivity contribution is 6.20. The predicted molar refractivity (Wildman–Crippen MR) is 198 cm³/mol. The van der Waals surface area contributed by atoms with Crippen LogP contribution in [0.3, 0.4) is 0 Å². The maximum atomic E-state index is 6.40. The van der Waals surface area contributed by atoms with E-state index in [4.69, 9.17) is 4.42 Å². The van der Waals surface area contributed by atoms with Gasteiger partial charge in [-0.15, -0.1) is 0 Å². The summed E-state index contributed by atoms with van der Waals surface area (Å²) < 4.78 is 6.40. The molecule has 0 aliphatic heterocycles. The number of para-hydroxylation sites is 1. The van der Waals surface area contributed by atoms with Crippen LogP contribution >= 0.6 is 0 Å². The lowest BCUT2D eigenvalue weighted by atomic mass is 9.82. The molecule has 9 aromatic rings. The van der Waals surface area contributed by atoms with Gasteiger partial charge in [-0.3, -0.25) is 0 Å². The van der Waals surface area contributed by atoms with Crippen LogP contribution in [0.15, 0.2) is 156 Å². The molecule has 10 rings (SSSR count). The molecule has 222 valence electrons. The molecule has 0 saturated carbocycles. The molecule has 0 N–H and O–H groups in total. The SMILES string of the molecule is CC1(C)c2ccccc2-c2cc(N(c3ccc4c(ccc5ccc6ccccc6c54)c3)c3ccc4c(c3)oc3ccccc34)ccc21. The van der Waals surface area contributed by atoms with Gasteiger partial charge in [0.05, 0.1) is 0 Å². The van der Waals surface area contributed by atoms with Crippen molar-refractivity contribution in [3.63, 3.8) is 0 Å². The second-order valence-electron chi connectivity index (χ2n) is 13.4. The summed E-state index contributed by atoms with van der Waals surface area (Å²) >= 11 is 0. The fraction of sp³-hybridized carbons (Fsp3) is 0.0667. The van der Waals surface area contributed by atoms with Crippen LogP contribution in [-0.2, 0) is 5.41 Å². The molecule has 1 aliphatic rings. The van der Waals surface area contributed by atoms with Crippen molar-refractivity contribution in [2.45, 2.75) is 19.3 Å². The van der Waals surface area contributed by atoms with Crippen LogP contribution < -0.4 is 4.90 Å². The van der Waals surface area contributed by atoms with Gasteiger partial charge >= 0.3 is 0 Å². The maximum absolute atomic E-state index is 6.40. The summed E-state index contributed by atoms with van der Waals surface area (Å²) in [5.41, 5.74) is 10.4. The number of furan rings is 1. The van der Waals surface area contributed by atoms with Gasteiger partial charge in [0.25, 0.3) is 0 Å². The Labute approximate surface area is 273 Å². The van der Waals surface area contributed by atoms with Crippen molar-refractivity contribution in [1.29, 1.82) is 0 Å². The summed E-state index contributed by atoms with van der Waals surface area (Å²) in [4.78, 5) is 2.38. The molecule has 47 heavy (non-hydrogen) atoms. The lowest BCUT2D eigenvalue weighted by Crippen LogP contribution is -2.15. The van der Waals surface area contributed by atoms with E-state index in [1.54, 1.807) is 0 Å². The van der Waals surface area contributed by atoms with Crippen LogP contribution in [0, 0.1) is 0 Å². The van der Waals surface area contributed by atoms with Crippen molar-refractivity contribution in [3.8, 4) is 11.1 Å². The van der Waals surface area contributed by atoms with Crippen LogP contribution in [0.2, 0.25) is 0 Å². The fourth-order valence-corrected chi connectivity index (χ4v) is 8.11. The molecule has 0 unspecified atom stereocenters. The Kier molecular flexibility index (Phi) is 5.37. The Balaban J connectivity index is 1.21. The van der Waals surface area contributed by atoms with Crippen LogP contribution in [0.25, 0.3) is 65.4 Å². The minimum absolute atomic E-state index is 0.0464. The molecule has 0 spiro atoms. The highest BCUT2D eigenvalue weighted by Gasteiger charge is 2.35. The van der Waals surface area contributed by atoms with E-state index < -0.39 is 0 Å². The van der Waals surface area contributed by atoms with E-state index in [1.807, 2.05) is 12.1 Å². The number of fused-ring (bicyclic) bond motifs is 11. The Morgan fingerprint density at radius 1 is 0.426 bits per heavy atom. The highest BCUT2D eigenvalue weighted by Crippen LogP contribution is 2.51. The van der Waals surface area contributed by atoms with Crippen molar-refractivity contribution >= 4 is 71.3 Å². The number of hydrogen-bond acceptors (Lipinski definition) is 2. The van der Waals surface area contributed by atoms with Gasteiger partial charge in [-0.2, -0.15) is 0 Å². The van der Waals surface area contributed by atoms with Gasteiger partial charge in [-0.25, -0.2) is 0 Å². The van der Waals surface area contributed by atoms with E-state index in [-0.39, 0.29) is 5.41 Å². The summed E-state index contributed by atoms with van der Waals surface area (Å²) in [6.45, 7) is 4.67. The number of hydrogen-bond donors (Lipinski definition) is 0. The monoisotopic (exact) mass is 601 g/mol. The van der Waals surface area contributed by atoms with Crippen LogP contribution in [0.5, 0.6) is 0 Å². The first kappa shape index (κ1) is 26.4. The second kappa shape index (κ2) is 9.57. The third-order valence-electron chi connectivity index (χ3n) is 10.4. The fourth-order valence-electron chi connectivity index (χ4n) is 8.11. The van der Waals surface area contributed by atoms with E-state index >= 15 is 0 Å². The van der Waals surface area contributed by atoms with Gasteiger partial charge in [-0.05, 0) is 97.0 Å². The van der Waals surface area contributed by atoms with Gasteiger partial charge < -0.3 is 9.32 Å². The summed E-state index contributed by atoms with van der Waals surface area (Å²) in [6, 6.07) is 55.4. The van der Waals surface area contributed by atoms with E-state index in [0.29, 0.717) is 0 Å². The van der Waals surface area contributed by atoms with Crippen molar-refractivity contribution in [1.82, 2.24) is 0 Å². The molecule has 8 aromatic carbocycles. The molecule has 1 aliphatic carbocycles. The molecule has 2 nitrogen and oxygen atoms in total. The largest absolute Gasteiger partial charge is 0.456 e. The zero-order valence-electron chi connectivity index (χ0n) is 26.3. The van der Waals surface area contributed by atoms with E-state index in [1.165, 1.54) is 54.6 Å². The molecule has 2 heteroatoms. The maximum Gasteiger partial charge on any atom is 0.137 e. The van der Waals surface area contributed by atoms with E-state index in [2.05, 4.69) is 158 Å². The summed E-state index contributed by atoms with van der Waals surface area (Å²) in [6.07, 6.45) is 0. The van der Waals surface area contributed by atoms with Gasteiger partial charge in [0.2, 0.25) is 0 Å². The van der Waals surface area contributed by atoms with E-state index in [0.717, 1.165) is 39.0 Å².